The number of aromatic nitrogens is 1. The summed E-state index contributed by atoms with van der Waals surface area (Å²) < 4.78 is 5.56. The van der Waals surface area contributed by atoms with Crippen LogP contribution in [0.15, 0.2) is 47.0 Å². The van der Waals surface area contributed by atoms with E-state index in [9.17, 15) is 4.79 Å². The van der Waals surface area contributed by atoms with E-state index in [1.807, 2.05) is 18.2 Å². The van der Waals surface area contributed by atoms with Gasteiger partial charge in [0.05, 0.1) is 11.4 Å². The van der Waals surface area contributed by atoms with Gasteiger partial charge in [0.15, 0.2) is 5.15 Å². The second-order valence-electron chi connectivity index (χ2n) is 4.52. The second-order valence-corrected chi connectivity index (χ2v) is 4.88. The highest BCUT2D eigenvalue weighted by Gasteiger charge is 2.23. The minimum Gasteiger partial charge on any atom is -0.449 e. The Morgan fingerprint density at radius 2 is 2.05 bits per heavy atom. The highest BCUT2D eigenvalue weighted by Crippen LogP contribution is 2.30. The van der Waals surface area contributed by atoms with Crippen LogP contribution in [0.4, 0.5) is 11.4 Å². The van der Waals surface area contributed by atoms with Crippen molar-refractivity contribution in [1.82, 2.24) is 4.98 Å². The van der Waals surface area contributed by atoms with E-state index in [4.69, 9.17) is 21.8 Å². The number of hydrogen-bond acceptors (Lipinski definition) is 4. The first-order valence-corrected chi connectivity index (χ1v) is 6.63. The third-order valence-electron chi connectivity index (χ3n) is 3.23. The van der Waals surface area contributed by atoms with E-state index in [1.54, 1.807) is 31.4 Å². The number of carbonyl (C=O) groups is 1. The molecule has 2 aromatic heterocycles. The molecule has 0 unspecified atom stereocenters. The largest absolute Gasteiger partial charge is 0.449 e. The highest BCUT2D eigenvalue weighted by molar-refractivity contribution is 6.32. The Kier molecular flexibility index (Phi) is 3.27. The van der Waals surface area contributed by atoms with Crippen molar-refractivity contribution in [2.75, 3.05) is 17.7 Å². The first-order valence-electron chi connectivity index (χ1n) is 6.25. The monoisotopic (exact) mass is 301 g/mol. The van der Waals surface area contributed by atoms with Gasteiger partial charge in [-0.2, -0.15) is 0 Å². The number of fused-ring (bicyclic) bond motifs is 1. The van der Waals surface area contributed by atoms with Crippen molar-refractivity contribution in [2.45, 2.75) is 0 Å². The van der Waals surface area contributed by atoms with Crippen LogP contribution in [0.25, 0.3) is 11.0 Å². The number of furan rings is 1. The molecular formula is C15H12ClN3O2. The molecular weight excluding hydrogens is 290 g/mol. The van der Waals surface area contributed by atoms with Gasteiger partial charge in [0.25, 0.3) is 5.91 Å². The lowest BCUT2D eigenvalue weighted by Crippen LogP contribution is -2.26. The number of para-hydroxylation sites is 1. The predicted molar refractivity (Wildman–Crippen MR) is 82.6 cm³/mol. The first kappa shape index (κ1) is 13.5. The minimum absolute atomic E-state index is 0.0959. The fourth-order valence-electron chi connectivity index (χ4n) is 2.11. The molecule has 0 spiro atoms. The Morgan fingerprint density at radius 3 is 2.76 bits per heavy atom. The molecule has 2 N–H and O–H groups in total. The molecule has 0 bridgehead atoms. The fourth-order valence-corrected chi connectivity index (χ4v) is 2.36. The number of carbonyl (C=O) groups excluding carboxylic acids is 1. The normalized spacial score (nSPS) is 10.8. The van der Waals surface area contributed by atoms with Gasteiger partial charge in [-0.3, -0.25) is 4.79 Å². The molecule has 0 saturated carbocycles. The second kappa shape index (κ2) is 5.10. The predicted octanol–water partition coefficient (Wildman–Crippen LogP) is 3.34. The standard InChI is InChI=1S/C15H12ClN3O2/c1-19(10-6-4-8-18-14(10)16)15(20)13-12(17)9-5-2-3-7-11(9)21-13/h2-8H,17H2,1H3. The number of nitrogens with two attached hydrogens (primary N) is 1. The average molecular weight is 302 g/mol. The van der Waals surface area contributed by atoms with E-state index in [2.05, 4.69) is 4.98 Å². The summed E-state index contributed by atoms with van der Waals surface area (Å²) in [6.45, 7) is 0. The summed E-state index contributed by atoms with van der Waals surface area (Å²) in [5.41, 5.74) is 7.39. The van der Waals surface area contributed by atoms with Crippen molar-refractivity contribution >= 4 is 39.9 Å². The van der Waals surface area contributed by atoms with Crippen molar-refractivity contribution in [3.63, 3.8) is 0 Å². The maximum atomic E-state index is 12.6. The number of halogens is 1. The number of nitrogens with zero attached hydrogens (tertiary/aromatic N) is 2. The van der Waals surface area contributed by atoms with Crippen LogP contribution in [-0.4, -0.2) is 17.9 Å². The molecule has 1 amide bonds. The lowest BCUT2D eigenvalue weighted by molar-refractivity contribution is 0.0969. The molecule has 0 fully saturated rings. The average Bonchev–Trinajstić information content (AvgIpc) is 2.84. The van der Waals surface area contributed by atoms with E-state index in [1.165, 1.54) is 4.90 Å². The third kappa shape index (κ3) is 2.21. The number of anilines is 2. The van der Waals surface area contributed by atoms with Crippen molar-refractivity contribution < 1.29 is 9.21 Å². The van der Waals surface area contributed by atoms with Crippen LogP contribution in [-0.2, 0) is 0 Å². The number of nitrogen functional groups attached to an aromatic ring is 1. The molecule has 0 radical (unpaired) electrons. The molecule has 1 aromatic carbocycles. The smallest absolute Gasteiger partial charge is 0.296 e. The summed E-state index contributed by atoms with van der Waals surface area (Å²) in [5.74, 6) is -0.280. The molecule has 0 aliphatic rings. The SMILES string of the molecule is CN(C(=O)c1oc2ccccc2c1N)c1cccnc1Cl. The number of hydrogen-bond donors (Lipinski definition) is 1. The molecule has 0 atom stereocenters. The lowest BCUT2D eigenvalue weighted by Gasteiger charge is -2.16. The van der Waals surface area contributed by atoms with Gasteiger partial charge >= 0.3 is 0 Å². The summed E-state index contributed by atoms with van der Waals surface area (Å²) in [6.07, 6.45) is 1.56. The lowest BCUT2D eigenvalue weighted by atomic mass is 10.2. The van der Waals surface area contributed by atoms with Gasteiger partial charge in [0.2, 0.25) is 5.76 Å². The van der Waals surface area contributed by atoms with Crippen LogP contribution in [0.1, 0.15) is 10.6 Å². The summed E-state index contributed by atoms with van der Waals surface area (Å²) in [4.78, 5) is 17.9. The molecule has 0 saturated heterocycles. The van der Waals surface area contributed by atoms with E-state index in [0.29, 0.717) is 22.3 Å². The van der Waals surface area contributed by atoms with E-state index in [-0.39, 0.29) is 16.8 Å². The quantitative estimate of drug-likeness (QED) is 0.737. The van der Waals surface area contributed by atoms with Crippen LogP contribution in [0.2, 0.25) is 5.15 Å². The minimum atomic E-state index is -0.376. The number of pyridine rings is 1. The molecule has 3 aromatic rings. The number of benzene rings is 1. The summed E-state index contributed by atoms with van der Waals surface area (Å²) in [7, 11) is 1.60. The van der Waals surface area contributed by atoms with Crippen LogP contribution >= 0.6 is 11.6 Å². The van der Waals surface area contributed by atoms with Gasteiger partial charge in [0, 0.05) is 18.6 Å². The van der Waals surface area contributed by atoms with Gasteiger partial charge in [-0.25, -0.2) is 4.98 Å². The topological polar surface area (TPSA) is 72.4 Å². The number of amides is 1. The van der Waals surface area contributed by atoms with Crippen LogP contribution in [0, 0.1) is 0 Å². The maximum absolute atomic E-state index is 12.6. The molecule has 106 valence electrons. The summed E-state index contributed by atoms with van der Waals surface area (Å²) in [5, 5.41) is 0.953. The molecule has 2 heterocycles. The van der Waals surface area contributed by atoms with Crippen LogP contribution in [0.5, 0.6) is 0 Å². The van der Waals surface area contributed by atoms with Crippen LogP contribution < -0.4 is 10.6 Å². The molecule has 0 aliphatic heterocycles. The molecule has 6 heteroatoms. The van der Waals surface area contributed by atoms with E-state index in [0.717, 1.165) is 0 Å². The Morgan fingerprint density at radius 1 is 1.29 bits per heavy atom. The summed E-state index contributed by atoms with van der Waals surface area (Å²) in [6, 6.07) is 10.6. The van der Waals surface area contributed by atoms with Crippen molar-refractivity contribution in [3.8, 4) is 0 Å². The molecule has 5 nitrogen and oxygen atoms in total. The maximum Gasteiger partial charge on any atom is 0.296 e. The Labute approximate surface area is 125 Å². The van der Waals surface area contributed by atoms with Gasteiger partial charge in [-0.1, -0.05) is 23.7 Å². The van der Waals surface area contributed by atoms with E-state index < -0.39 is 0 Å². The Balaban J connectivity index is 2.04. The van der Waals surface area contributed by atoms with Crippen molar-refractivity contribution in [3.05, 3.63) is 53.5 Å². The zero-order valence-electron chi connectivity index (χ0n) is 11.2. The fraction of sp³-hybridized carbons (Fsp3) is 0.0667. The van der Waals surface area contributed by atoms with E-state index >= 15 is 0 Å². The van der Waals surface area contributed by atoms with Crippen LogP contribution in [0.3, 0.4) is 0 Å². The third-order valence-corrected chi connectivity index (χ3v) is 3.52. The van der Waals surface area contributed by atoms with Gasteiger partial charge < -0.3 is 15.1 Å². The highest BCUT2D eigenvalue weighted by atomic mass is 35.5. The van der Waals surface area contributed by atoms with Gasteiger partial charge in [0.1, 0.15) is 5.58 Å². The Bertz CT molecular complexity index is 829. The molecule has 3 rings (SSSR count). The molecule has 21 heavy (non-hydrogen) atoms. The zero-order valence-corrected chi connectivity index (χ0v) is 12.0. The molecule has 0 aliphatic carbocycles. The Hall–Kier alpha value is -2.53. The van der Waals surface area contributed by atoms with Gasteiger partial charge in [-0.15, -0.1) is 0 Å². The van der Waals surface area contributed by atoms with Crippen molar-refractivity contribution in [2.24, 2.45) is 0 Å². The zero-order chi connectivity index (χ0) is 15.0. The van der Waals surface area contributed by atoms with Gasteiger partial charge in [-0.05, 0) is 24.3 Å². The van der Waals surface area contributed by atoms with Crippen molar-refractivity contribution in [1.29, 1.82) is 0 Å². The first-order chi connectivity index (χ1) is 10.1. The summed E-state index contributed by atoms with van der Waals surface area (Å²) >= 11 is 6.00. The number of rotatable bonds is 2.